The van der Waals surface area contributed by atoms with Gasteiger partial charge in [-0.3, -0.25) is 0 Å². The van der Waals surface area contributed by atoms with Crippen LogP contribution in [0.2, 0.25) is 0 Å². The first kappa shape index (κ1) is 35.1. The second kappa shape index (κ2) is 16.7. The van der Waals surface area contributed by atoms with Crippen molar-refractivity contribution in [2.24, 2.45) is 0 Å². The summed E-state index contributed by atoms with van der Waals surface area (Å²) in [5.74, 6) is -1.21. The number of rotatable bonds is 15. The van der Waals surface area contributed by atoms with E-state index >= 15 is 0 Å². The molecule has 0 bridgehead atoms. The van der Waals surface area contributed by atoms with E-state index in [1.54, 1.807) is 30.4 Å². The molecule has 8 heteroatoms. The summed E-state index contributed by atoms with van der Waals surface area (Å²) in [6.45, 7) is 3.92. The van der Waals surface area contributed by atoms with Gasteiger partial charge in [0, 0.05) is 31.4 Å². The molecular weight excluding hydrogens is 606 g/mol. The molecule has 1 saturated heterocycles. The van der Waals surface area contributed by atoms with Crippen molar-refractivity contribution in [3.8, 4) is 28.7 Å². The topological polar surface area (TPSA) is 143 Å². The van der Waals surface area contributed by atoms with Gasteiger partial charge in [0.25, 0.3) is 0 Å². The van der Waals surface area contributed by atoms with E-state index in [1.165, 1.54) is 29.3 Å². The van der Waals surface area contributed by atoms with E-state index in [-0.39, 0.29) is 46.8 Å². The number of benzene rings is 4. The summed E-state index contributed by atoms with van der Waals surface area (Å²) in [7, 11) is 0. The zero-order valence-corrected chi connectivity index (χ0v) is 27.8. The Morgan fingerprint density at radius 2 is 1.67 bits per heavy atom. The van der Waals surface area contributed by atoms with Crippen LogP contribution in [0.25, 0.3) is 22.9 Å². The van der Waals surface area contributed by atoms with Crippen LogP contribution in [0.5, 0.6) is 28.7 Å². The molecule has 4 aromatic carbocycles. The molecule has 2 unspecified atom stereocenters. The van der Waals surface area contributed by atoms with Crippen molar-refractivity contribution in [3.63, 3.8) is 0 Å². The molecule has 2 atom stereocenters. The van der Waals surface area contributed by atoms with Gasteiger partial charge in [0.1, 0.15) is 5.75 Å². The first-order valence-corrected chi connectivity index (χ1v) is 17.2. The fraction of sp³-hybridized carbons (Fsp3) is 0.400. The Morgan fingerprint density at radius 1 is 0.812 bits per heavy atom. The van der Waals surface area contributed by atoms with Crippen molar-refractivity contribution in [1.82, 2.24) is 5.32 Å². The van der Waals surface area contributed by atoms with Gasteiger partial charge in [-0.25, -0.2) is 0 Å². The third-order valence-corrected chi connectivity index (χ3v) is 9.46. The quantitative estimate of drug-likeness (QED) is 0.0397. The summed E-state index contributed by atoms with van der Waals surface area (Å²) in [5.41, 5.74) is 5.59. The number of aryl methyl sites for hydroxylation is 2. The van der Waals surface area contributed by atoms with Crippen molar-refractivity contribution in [2.45, 2.75) is 89.8 Å². The second-order valence-electron chi connectivity index (χ2n) is 12.9. The molecule has 1 aliphatic heterocycles. The van der Waals surface area contributed by atoms with E-state index in [2.05, 4.69) is 30.4 Å². The minimum Gasteiger partial charge on any atom is -0.507 e. The Bertz CT molecular complexity index is 1720. The number of ether oxygens (including phenoxy) is 1. The van der Waals surface area contributed by atoms with Crippen LogP contribution >= 0.6 is 0 Å². The number of phenols is 5. The van der Waals surface area contributed by atoms with E-state index in [9.17, 15) is 30.6 Å². The molecule has 0 saturated carbocycles. The molecule has 1 heterocycles. The van der Waals surface area contributed by atoms with Gasteiger partial charge >= 0.3 is 0 Å². The third-order valence-electron chi connectivity index (χ3n) is 9.46. The molecule has 0 amide bonds. The Kier molecular flexibility index (Phi) is 12.2. The molecule has 0 aliphatic carbocycles. The highest BCUT2D eigenvalue weighted by Crippen LogP contribution is 2.45. The molecule has 1 aliphatic rings. The van der Waals surface area contributed by atoms with Crippen molar-refractivity contribution in [1.29, 1.82) is 0 Å². The minimum atomic E-state index is -0.356. The number of hydrogen-bond acceptors (Lipinski definition) is 8. The molecule has 4 aromatic rings. The summed E-state index contributed by atoms with van der Waals surface area (Å²) in [4.78, 5) is 0. The molecule has 0 spiro atoms. The van der Waals surface area contributed by atoms with Crippen LogP contribution in [0.3, 0.4) is 0 Å². The van der Waals surface area contributed by atoms with Crippen LogP contribution < -0.4 is 5.32 Å². The molecule has 1 fully saturated rings. The largest absolute Gasteiger partial charge is 0.507 e. The Labute approximate surface area is 283 Å². The number of fused-ring (bicyclic) bond motifs is 1. The van der Waals surface area contributed by atoms with Crippen LogP contribution in [0, 0.1) is 0 Å². The average molecular weight is 656 g/mol. The fourth-order valence-electron chi connectivity index (χ4n) is 6.75. The highest BCUT2D eigenvalue weighted by Gasteiger charge is 2.23. The van der Waals surface area contributed by atoms with Gasteiger partial charge in [-0.15, -0.1) is 0 Å². The average Bonchev–Trinajstić information content (AvgIpc) is 3.09. The minimum absolute atomic E-state index is 0.133. The smallest absolute Gasteiger partial charge is 0.169 e. The summed E-state index contributed by atoms with van der Waals surface area (Å²) in [6, 6.07) is 16.5. The van der Waals surface area contributed by atoms with Gasteiger partial charge in [0.15, 0.2) is 23.0 Å². The summed E-state index contributed by atoms with van der Waals surface area (Å²) in [6.07, 6.45) is 12.8. The van der Waals surface area contributed by atoms with Gasteiger partial charge in [0.2, 0.25) is 0 Å². The number of aromatic hydroxyl groups is 5. The number of phenolic OH excluding ortho intramolecular Hbond substituents is 5. The molecule has 48 heavy (non-hydrogen) atoms. The van der Waals surface area contributed by atoms with Gasteiger partial charge in [-0.05, 0) is 103 Å². The van der Waals surface area contributed by atoms with E-state index in [4.69, 9.17) is 4.74 Å². The first-order valence-electron chi connectivity index (χ1n) is 17.2. The van der Waals surface area contributed by atoms with Crippen LogP contribution in [0.15, 0.2) is 54.6 Å². The van der Waals surface area contributed by atoms with Gasteiger partial charge in [0.05, 0.1) is 11.5 Å². The monoisotopic (exact) mass is 655 g/mol. The number of nitrogens with one attached hydrogen (secondary N) is 1. The van der Waals surface area contributed by atoms with Gasteiger partial charge in [-0.2, -0.15) is 0 Å². The summed E-state index contributed by atoms with van der Waals surface area (Å²) in [5, 5.41) is 66.3. The van der Waals surface area contributed by atoms with Crippen molar-refractivity contribution in [3.05, 3.63) is 88.0 Å². The van der Waals surface area contributed by atoms with E-state index < -0.39 is 0 Å². The molecule has 0 aromatic heterocycles. The third kappa shape index (κ3) is 8.61. The summed E-state index contributed by atoms with van der Waals surface area (Å²) >= 11 is 0. The van der Waals surface area contributed by atoms with E-state index in [1.807, 2.05) is 0 Å². The normalized spacial score (nSPS) is 16.6. The molecular formula is C40H49NO7. The van der Waals surface area contributed by atoms with E-state index in [0.717, 1.165) is 70.1 Å². The maximum absolute atomic E-state index is 11.3. The van der Waals surface area contributed by atoms with E-state index in [0.29, 0.717) is 41.0 Å². The predicted molar refractivity (Wildman–Crippen MR) is 191 cm³/mol. The number of aliphatic hydroxyl groups excluding tert-OH is 1. The van der Waals surface area contributed by atoms with Crippen molar-refractivity contribution >= 4 is 22.9 Å². The molecule has 7 N–H and O–H groups in total. The molecule has 5 rings (SSSR count). The Balaban J connectivity index is 1.39. The van der Waals surface area contributed by atoms with Crippen LogP contribution in [-0.4, -0.2) is 56.0 Å². The molecule has 0 radical (unpaired) electrons. The Hall–Kier alpha value is -4.24. The van der Waals surface area contributed by atoms with Crippen LogP contribution in [-0.2, 0) is 30.5 Å². The predicted octanol–water partition coefficient (Wildman–Crippen LogP) is 7.47. The number of hydrogen-bond donors (Lipinski definition) is 7. The fourth-order valence-corrected chi connectivity index (χ4v) is 6.75. The zero-order chi connectivity index (χ0) is 34.0. The van der Waals surface area contributed by atoms with Gasteiger partial charge < -0.3 is 40.7 Å². The van der Waals surface area contributed by atoms with Crippen molar-refractivity contribution in [2.75, 3.05) is 13.2 Å². The van der Waals surface area contributed by atoms with Crippen LogP contribution in [0.4, 0.5) is 0 Å². The van der Waals surface area contributed by atoms with Crippen molar-refractivity contribution < 1.29 is 35.4 Å². The molecule has 256 valence electrons. The maximum Gasteiger partial charge on any atom is 0.169 e. The van der Waals surface area contributed by atoms with Gasteiger partial charge in [-0.1, -0.05) is 68.3 Å². The lowest BCUT2D eigenvalue weighted by Crippen LogP contribution is -2.38. The number of aliphatic hydroxyl groups is 1. The second-order valence-corrected chi connectivity index (χ2v) is 12.9. The lowest BCUT2D eigenvalue weighted by atomic mass is 9.90. The lowest BCUT2D eigenvalue weighted by Gasteiger charge is -2.30. The first-order chi connectivity index (χ1) is 23.3. The zero-order valence-electron chi connectivity index (χ0n) is 27.8. The number of unbranched alkanes of at least 4 members (excludes halogenated alkanes) is 2. The highest BCUT2D eigenvalue weighted by molar-refractivity contribution is 6.03. The molecule has 8 nitrogen and oxygen atoms in total. The SMILES string of the molecule is CCCCCc1cc(CCc2c(O)c(O)c3c(O)cccc3c2C=Cc2ccc(O)c(O)c2)ccc1CNC1CCOC(CCCO)C1. The Morgan fingerprint density at radius 3 is 2.46 bits per heavy atom. The standard InChI is InChI=1S/C40H49NO7/c1-2-3-4-7-28-22-26(11-15-29(28)25-41-30-19-21-48-31(24-30)8-6-20-42)13-17-34-32(16-12-27-14-18-35(43)37(45)23-27)33-9-5-10-36(44)38(33)40(47)39(34)46/h5,9-12,14-16,18,22-23,30-31,41-47H,2-4,6-8,13,17,19-21,24-25H2,1H3. The highest BCUT2D eigenvalue weighted by atomic mass is 16.5. The lowest BCUT2D eigenvalue weighted by molar-refractivity contribution is -0.00623. The van der Waals surface area contributed by atoms with Crippen LogP contribution in [0.1, 0.15) is 85.3 Å². The summed E-state index contributed by atoms with van der Waals surface area (Å²) < 4.78 is 5.91. The maximum atomic E-state index is 11.3.